The summed E-state index contributed by atoms with van der Waals surface area (Å²) in [6.07, 6.45) is 1.86. The van der Waals surface area contributed by atoms with E-state index in [2.05, 4.69) is 5.32 Å². The number of nitrogens with zero attached hydrogens (tertiary/aromatic N) is 2. The second-order valence-electron chi connectivity index (χ2n) is 4.86. The molecule has 0 bridgehead atoms. The molecule has 1 aliphatic carbocycles. The van der Waals surface area contributed by atoms with Crippen molar-refractivity contribution < 1.29 is 13.2 Å². The van der Waals surface area contributed by atoms with Crippen molar-refractivity contribution in [2.24, 2.45) is 0 Å². The molecule has 2 rings (SSSR count). The number of rotatable bonds is 5. The van der Waals surface area contributed by atoms with Gasteiger partial charge in [-0.15, -0.1) is 0 Å². The molecule has 0 aromatic heterocycles. The number of hydrogen-bond acceptors (Lipinski definition) is 4. The highest BCUT2D eigenvalue weighted by atomic mass is 35.5. The molecular weight excluding hydrogens is 314 g/mol. The summed E-state index contributed by atoms with van der Waals surface area (Å²) in [5, 5.41) is 11.6. The molecule has 1 fully saturated rings. The van der Waals surface area contributed by atoms with Crippen LogP contribution < -0.4 is 5.32 Å². The van der Waals surface area contributed by atoms with Crippen LogP contribution in [-0.2, 0) is 14.8 Å². The largest absolute Gasteiger partial charge is 0.352 e. The van der Waals surface area contributed by atoms with E-state index in [1.807, 2.05) is 6.07 Å². The minimum Gasteiger partial charge on any atom is -0.352 e. The van der Waals surface area contributed by atoms with Gasteiger partial charge in [0.2, 0.25) is 15.9 Å². The number of likely N-dealkylation sites (N-methyl/N-ethyl adjacent to an activating group) is 1. The molecule has 21 heavy (non-hydrogen) atoms. The highest BCUT2D eigenvalue weighted by Gasteiger charge is 2.28. The first-order chi connectivity index (χ1) is 9.84. The third-order valence-electron chi connectivity index (χ3n) is 3.06. The van der Waals surface area contributed by atoms with Crippen molar-refractivity contribution in [1.29, 1.82) is 5.26 Å². The van der Waals surface area contributed by atoms with E-state index in [0.29, 0.717) is 0 Å². The first kappa shape index (κ1) is 15.8. The van der Waals surface area contributed by atoms with Crippen LogP contribution in [0.3, 0.4) is 0 Å². The third kappa shape index (κ3) is 3.73. The van der Waals surface area contributed by atoms with Gasteiger partial charge in [-0.3, -0.25) is 4.79 Å². The zero-order valence-corrected chi connectivity index (χ0v) is 12.9. The smallest absolute Gasteiger partial charge is 0.244 e. The van der Waals surface area contributed by atoms with E-state index in [-0.39, 0.29) is 34.0 Å². The maximum absolute atomic E-state index is 12.4. The van der Waals surface area contributed by atoms with Crippen molar-refractivity contribution in [1.82, 2.24) is 9.62 Å². The molecule has 0 unspecified atom stereocenters. The highest BCUT2D eigenvalue weighted by Crippen LogP contribution is 2.25. The zero-order chi connectivity index (χ0) is 15.6. The first-order valence-corrected chi connectivity index (χ1v) is 8.11. The third-order valence-corrected chi connectivity index (χ3v) is 5.34. The Hall–Kier alpha value is -1.62. The molecule has 0 aliphatic heterocycles. The fraction of sp³-hybridized carbons (Fsp3) is 0.385. The highest BCUT2D eigenvalue weighted by molar-refractivity contribution is 7.89. The van der Waals surface area contributed by atoms with Crippen LogP contribution in [0.1, 0.15) is 18.4 Å². The van der Waals surface area contributed by atoms with Crippen molar-refractivity contribution in [3.05, 3.63) is 28.8 Å². The molecule has 1 N–H and O–H groups in total. The minimum atomic E-state index is -3.92. The van der Waals surface area contributed by atoms with Gasteiger partial charge in [0.1, 0.15) is 4.90 Å². The Morgan fingerprint density at radius 2 is 2.19 bits per heavy atom. The van der Waals surface area contributed by atoms with Crippen LogP contribution in [0.25, 0.3) is 0 Å². The Morgan fingerprint density at radius 1 is 1.52 bits per heavy atom. The summed E-state index contributed by atoms with van der Waals surface area (Å²) < 4.78 is 25.7. The number of carbonyl (C=O) groups excluding carboxylic acids is 1. The van der Waals surface area contributed by atoms with Crippen LogP contribution in [0.4, 0.5) is 0 Å². The molecule has 1 aromatic carbocycles. The molecule has 8 heteroatoms. The summed E-state index contributed by atoms with van der Waals surface area (Å²) in [4.78, 5) is 11.5. The van der Waals surface area contributed by atoms with E-state index in [4.69, 9.17) is 16.9 Å². The van der Waals surface area contributed by atoms with E-state index in [9.17, 15) is 13.2 Å². The molecule has 0 heterocycles. The minimum absolute atomic E-state index is 0.0171. The summed E-state index contributed by atoms with van der Waals surface area (Å²) in [5.74, 6) is -0.351. The summed E-state index contributed by atoms with van der Waals surface area (Å²) >= 11 is 5.90. The maximum Gasteiger partial charge on any atom is 0.244 e. The number of benzene rings is 1. The number of carbonyl (C=O) groups is 1. The quantitative estimate of drug-likeness (QED) is 0.877. The lowest BCUT2D eigenvalue weighted by Crippen LogP contribution is -2.39. The number of nitrogens with one attached hydrogen (secondary N) is 1. The second kappa shape index (κ2) is 6.02. The van der Waals surface area contributed by atoms with Crippen LogP contribution in [0.15, 0.2) is 23.1 Å². The molecule has 0 atom stereocenters. The van der Waals surface area contributed by atoms with Crippen LogP contribution >= 0.6 is 11.6 Å². The van der Waals surface area contributed by atoms with Gasteiger partial charge < -0.3 is 5.32 Å². The van der Waals surface area contributed by atoms with E-state index < -0.39 is 10.0 Å². The maximum atomic E-state index is 12.4. The van der Waals surface area contributed by atoms with Crippen LogP contribution in [0.2, 0.25) is 5.02 Å². The first-order valence-electron chi connectivity index (χ1n) is 6.30. The standard InChI is InChI=1S/C13H14ClN3O3S/c1-17(8-13(18)16-10-3-4-10)21(19,20)12-6-9(7-15)2-5-11(12)14/h2,5-6,10H,3-4,8H2,1H3,(H,16,18). The average Bonchev–Trinajstić information content (AvgIpc) is 3.22. The molecule has 0 saturated heterocycles. The molecule has 112 valence electrons. The number of amides is 1. The van der Waals surface area contributed by atoms with E-state index in [0.717, 1.165) is 17.1 Å². The van der Waals surface area contributed by atoms with Gasteiger partial charge in [-0.25, -0.2) is 8.42 Å². The van der Waals surface area contributed by atoms with Gasteiger partial charge in [0.05, 0.1) is 23.2 Å². The molecule has 1 saturated carbocycles. The molecule has 1 amide bonds. The zero-order valence-electron chi connectivity index (χ0n) is 11.3. The molecule has 0 spiro atoms. The fourth-order valence-corrected chi connectivity index (χ4v) is 3.35. The number of nitriles is 1. The van der Waals surface area contributed by atoms with Gasteiger partial charge in [-0.2, -0.15) is 9.57 Å². The lowest BCUT2D eigenvalue weighted by molar-refractivity contribution is -0.121. The van der Waals surface area contributed by atoms with Gasteiger partial charge in [-0.05, 0) is 31.0 Å². The average molecular weight is 328 g/mol. The van der Waals surface area contributed by atoms with E-state index >= 15 is 0 Å². The Kier molecular flexibility index (Phi) is 4.52. The second-order valence-corrected chi connectivity index (χ2v) is 7.28. The van der Waals surface area contributed by atoms with Crippen molar-refractivity contribution in [3.63, 3.8) is 0 Å². The van der Waals surface area contributed by atoms with Crippen LogP contribution in [0.5, 0.6) is 0 Å². The lowest BCUT2D eigenvalue weighted by Gasteiger charge is -2.17. The topological polar surface area (TPSA) is 90.3 Å². The van der Waals surface area contributed by atoms with Gasteiger partial charge in [0, 0.05) is 13.1 Å². The Balaban J connectivity index is 2.20. The summed E-state index contributed by atoms with van der Waals surface area (Å²) in [6, 6.07) is 6.01. The summed E-state index contributed by atoms with van der Waals surface area (Å²) in [6.45, 7) is -0.286. The monoisotopic (exact) mass is 327 g/mol. The summed E-state index contributed by atoms with van der Waals surface area (Å²) in [5.41, 5.74) is 0.189. The normalized spacial score (nSPS) is 14.8. The van der Waals surface area contributed by atoms with Crippen molar-refractivity contribution in [2.75, 3.05) is 13.6 Å². The van der Waals surface area contributed by atoms with Crippen molar-refractivity contribution in [3.8, 4) is 6.07 Å². The van der Waals surface area contributed by atoms with E-state index in [1.165, 1.54) is 25.2 Å². The molecule has 0 radical (unpaired) electrons. The van der Waals surface area contributed by atoms with Gasteiger partial charge in [0.15, 0.2) is 0 Å². The Morgan fingerprint density at radius 3 is 2.76 bits per heavy atom. The molecular formula is C13H14ClN3O3S. The number of hydrogen-bond donors (Lipinski definition) is 1. The number of halogens is 1. The van der Waals surface area contributed by atoms with Gasteiger partial charge in [0.25, 0.3) is 0 Å². The SMILES string of the molecule is CN(CC(=O)NC1CC1)S(=O)(=O)c1cc(C#N)ccc1Cl. The Labute approximate surface area is 128 Å². The molecule has 6 nitrogen and oxygen atoms in total. The lowest BCUT2D eigenvalue weighted by atomic mass is 10.2. The van der Waals surface area contributed by atoms with Gasteiger partial charge >= 0.3 is 0 Å². The fourth-order valence-electron chi connectivity index (χ4n) is 1.73. The van der Waals surface area contributed by atoms with Gasteiger partial charge in [-0.1, -0.05) is 11.6 Å². The predicted molar refractivity (Wildman–Crippen MR) is 77.1 cm³/mol. The number of sulfonamides is 1. The Bertz CT molecular complexity index is 708. The predicted octanol–water partition coefficient (Wildman–Crippen LogP) is 1.11. The van der Waals surface area contributed by atoms with Crippen molar-refractivity contribution >= 4 is 27.5 Å². The van der Waals surface area contributed by atoms with Crippen LogP contribution in [0, 0.1) is 11.3 Å². The van der Waals surface area contributed by atoms with E-state index in [1.54, 1.807) is 0 Å². The molecule has 1 aliphatic rings. The van der Waals surface area contributed by atoms with Crippen molar-refractivity contribution in [2.45, 2.75) is 23.8 Å². The molecule has 1 aromatic rings. The van der Waals surface area contributed by atoms with Crippen LogP contribution in [-0.4, -0.2) is 38.3 Å². The summed E-state index contributed by atoms with van der Waals surface area (Å²) in [7, 11) is -2.62.